The maximum Gasteiger partial charge on any atom is 0.321 e. The van der Waals surface area contributed by atoms with E-state index in [-0.39, 0.29) is 5.97 Å². The van der Waals surface area contributed by atoms with E-state index in [9.17, 15) is 4.79 Å². The van der Waals surface area contributed by atoms with Crippen molar-refractivity contribution in [2.45, 2.75) is 37.0 Å². The topological polar surface area (TPSA) is 54.0 Å². The highest BCUT2D eigenvalue weighted by Gasteiger charge is 2.31. The molecule has 0 N–H and O–H groups in total. The summed E-state index contributed by atoms with van der Waals surface area (Å²) in [7, 11) is 3.24. The first-order valence-corrected chi connectivity index (χ1v) is 9.51. The number of carbonyl (C=O) groups excluding carboxylic acids is 1. The third kappa shape index (κ3) is 5.82. The van der Waals surface area contributed by atoms with Crippen LogP contribution in [0.5, 0.6) is 17.2 Å². The molecule has 0 amide bonds. The third-order valence-corrected chi connectivity index (χ3v) is 5.07. The molecule has 5 nitrogen and oxygen atoms in total. The molecule has 0 aliphatic heterocycles. The monoisotopic (exact) mass is 390 g/mol. The summed E-state index contributed by atoms with van der Waals surface area (Å²) in [6.45, 7) is 6.27. The molecule has 2 aromatic carbocycles. The predicted octanol–water partition coefficient (Wildman–Crippen LogP) is 4.72. The van der Waals surface area contributed by atoms with Crippen molar-refractivity contribution in [1.29, 1.82) is 0 Å². The van der Waals surface area contributed by atoms with Crippen LogP contribution in [0, 0.1) is 0 Å². The predicted molar refractivity (Wildman–Crippen MR) is 107 cm³/mol. The highest BCUT2D eigenvalue weighted by atomic mass is 32.2. The minimum absolute atomic E-state index is 0.253. The average Bonchev–Trinajstić information content (AvgIpc) is 2.67. The van der Waals surface area contributed by atoms with Gasteiger partial charge in [-0.05, 0) is 50.6 Å². The van der Waals surface area contributed by atoms with Crippen LogP contribution in [0.3, 0.4) is 0 Å². The Morgan fingerprint density at radius 3 is 2.26 bits per heavy atom. The minimum Gasteiger partial charge on any atom is -0.497 e. The molecule has 0 radical (unpaired) electrons. The smallest absolute Gasteiger partial charge is 0.321 e. The molecular weight excluding hydrogens is 364 g/mol. The highest BCUT2D eigenvalue weighted by molar-refractivity contribution is 8.01. The average molecular weight is 391 g/mol. The van der Waals surface area contributed by atoms with Gasteiger partial charge in [0.2, 0.25) is 0 Å². The largest absolute Gasteiger partial charge is 0.497 e. The van der Waals surface area contributed by atoms with Gasteiger partial charge in [-0.3, -0.25) is 4.79 Å². The van der Waals surface area contributed by atoms with Gasteiger partial charge in [-0.1, -0.05) is 12.1 Å². The Bertz CT molecular complexity index is 756. The molecule has 0 fully saturated rings. The van der Waals surface area contributed by atoms with Crippen LogP contribution in [-0.2, 0) is 16.1 Å². The van der Waals surface area contributed by atoms with Gasteiger partial charge in [-0.2, -0.15) is 0 Å². The lowest BCUT2D eigenvalue weighted by Crippen LogP contribution is -2.30. The molecule has 2 rings (SSSR count). The minimum atomic E-state index is -0.714. The molecule has 0 atom stereocenters. The van der Waals surface area contributed by atoms with Crippen LogP contribution >= 0.6 is 11.8 Å². The molecule has 0 aromatic heterocycles. The fourth-order valence-corrected chi connectivity index (χ4v) is 3.40. The van der Waals surface area contributed by atoms with E-state index in [2.05, 4.69) is 0 Å². The van der Waals surface area contributed by atoms with Crippen molar-refractivity contribution in [2.75, 3.05) is 20.8 Å². The van der Waals surface area contributed by atoms with Crippen LogP contribution in [0.1, 0.15) is 26.3 Å². The first-order chi connectivity index (χ1) is 12.9. The Morgan fingerprint density at radius 1 is 1.00 bits per heavy atom. The van der Waals surface area contributed by atoms with E-state index in [0.29, 0.717) is 24.7 Å². The molecule has 0 saturated carbocycles. The zero-order valence-electron chi connectivity index (χ0n) is 16.4. The second-order valence-electron chi connectivity index (χ2n) is 6.28. The van der Waals surface area contributed by atoms with Crippen molar-refractivity contribution in [3.63, 3.8) is 0 Å². The van der Waals surface area contributed by atoms with Crippen LogP contribution in [-0.4, -0.2) is 31.5 Å². The van der Waals surface area contributed by atoms with Gasteiger partial charge in [0.25, 0.3) is 0 Å². The number of ether oxygens (including phenoxy) is 4. The Balaban J connectivity index is 2.07. The third-order valence-electron chi connectivity index (χ3n) is 3.83. The van der Waals surface area contributed by atoms with Crippen molar-refractivity contribution in [3.05, 3.63) is 48.0 Å². The zero-order valence-corrected chi connectivity index (χ0v) is 17.2. The van der Waals surface area contributed by atoms with Crippen LogP contribution in [0.15, 0.2) is 47.4 Å². The standard InChI is InChI=1S/C21H26O5S/c1-6-25-20(22)21(2,3)27-19-12-11-17(13-18(19)24-5)26-14-15-7-9-16(23-4)10-8-15/h7-13H,6,14H2,1-5H3. The van der Waals surface area contributed by atoms with Crippen molar-refractivity contribution >= 4 is 17.7 Å². The first kappa shape index (κ1) is 21.0. The van der Waals surface area contributed by atoms with E-state index in [1.165, 1.54) is 11.8 Å². The molecule has 0 saturated heterocycles. The van der Waals surface area contributed by atoms with Crippen LogP contribution in [0.25, 0.3) is 0 Å². The second kappa shape index (κ2) is 9.55. The Labute approximate surface area is 165 Å². The van der Waals surface area contributed by atoms with E-state index in [1.807, 2.05) is 56.3 Å². The fraction of sp³-hybridized carbons (Fsp3) is 0.381. The van der Waals surface area contributed by atoms with Crippen LogP contribution < -0.4 is 14.2 Å². The Hall–Kier alpha value is -2.34. The Kier molecular flexibility index (Phi) is 7.42. The maximum absolute atomic E-state index is 12.1. The SMILES string of the molecule is CCOC(=O)C(C)(C)Sc1ccc(OCc2ccc(OC)cc2)cc1OC. The molecule has 0 unspecified atom stereocenters. The van der Waals surface area contributed by atoms with Gasteiger partial charge >= 0.3 is 5.97 Å². The number of rotatable bonds is 9. The summed E-state index contributed by atoms with van der Waals surface area (Å²) < 4.78 is 20.9. The molecule has 0 bridgehead atoms. The van der Waals surface area contributed by atoms with E-state index >= 15 is 0 Å². The summed E-state index contributed by atoms with van der Waals surface area (Å²) in [5.74, 6) is 1.91. The van der Waals surface area contributed by atoms with E-state index in [0.717, 1.165) is 16.2 Å². The lowest BCUT2D eigenvalue weighted by atomic mass is 10.2. The summed E-state index contributed by atoms with van der Waals surface area (Å²) in [6, 6.07) is 13.3. The highest BCUT2D eigenvalue weighted by Crippen LogP contribution is 2.40. The lowest BCUT2D eigenvalue weighted by Gasteiger charge is -2.23. The zero-order chi connectivity index (χ0) is 19.9. The summed E-state index contributed by atoms with van der Waals surface area (Å²) in [6.07, 6.45) is 0. The van der Waals surface area contributed by atoms with Gasteiger partial charge < -0.3 is 18.9 Å². The number of esters is 1. The first-order valence-electron chi connectivity index (χ1n) is 8.69. The van der Waals surface area contributed by atoms with Gasteiger partial charge in [0, 0.05) is 6.07 Å². The molecule has 2 aromatic rings. The quantitative estimate of drug-likeness (QED) is 0.456. The van der Waals surface area contributed by atoms with Crippen molar-refractivity contribution < 1.29 is 23.7 Å². The van der Waals surface area contributed by atoms with Gasteiger partial charge in [-0.25, -0.2) is 0 Å². The fourth-order valence-electron chi connectivity index (χ4n) is 2.33. The number of hydrogen-bond donors (Lipinski definition) is 0. The van der Waals surface area contributed by atoms with Crippen LogP contribution in [0.4, 0.5) is 0 Å². The molecule has 0 heterocycles. The second-order valence-corrected chi connectivity index (χ2v) is 7.95. The Morgan fingerprint density at radius 2 is 1.67 bits per heavy atom. The summed E-state index contributed by atoms with van der Waals surface area (Å²) in [5, 5.41) is 0. The normalized spacial score (nSPS) is 11.0. The molecule has 146 valence electrons. The van der Waals surface area contributed by atoms with E-state index < -0.39 is 4.75 Å². The summed E-state index contributed by atoms with van der Waals surface area (Å²) in [5.41, 5.74) is 1.04. The van der Waals surface area contributed by atoms with Crippen LogP contribution in [0.2, 0.25) is 0 Å². The molecule has 6 heteroatoms. The number of methoxy groups -OCH3 is 2. The lowest BCUT2D eigenvalue weighted by molar-refractivity contribution is -0.145. The maximum atomic E-state index is 12.1. The van der Waals surface area contributed by atoms with E-state index in [4.69, 9.17) is 18.9 Å². The molecule has 0 spiro atoms. The van der Waals surface area contributed by atoms with E-state index in [1.54, 1.807) is 21.1 Å². The molecule has 27 heavy (non-hydrogen) atoms. The number of carbonyl (C=O) groups is 1. The van der Waals surface area contributed by atoms with Crippen molar-refractivity contribution in [3.8, 4) is 17.2 Å². The molecule has 0 aliphatic carbocycles. The van der Waals surface area contributed by atoms with Crippen molar-refractivity contribution in [2.24, 2.45) is 0 Å². The van der Waals surface area contributed by atoms with Gasteiger partial charge in [-0.15, -0.1) is 11.8 Å². The van der Waals surface area contributed by atoms with Gasteiger partial charge in [0.1, 0.15) is 28.6 Å². The number of benzene rings is 2. The van der Waals surface area contributed by atoms with Gasteiger partial charge in [0.15, 0.2) is 0 Å². The van der Waals surface area contributed by atoms with Crippen molar-refractivity contribution in [1.82, 2.24) is 0 Å². The summed E-state index contributed by atoms with van der Waals surface area (Å²) in [4.78, 5) is 13.0. The van der Waals surface area contributed by atoms with Gasteiger partial charge in [0.05, 0.1) is 25.7 Å². The summed E-state index contributed by atoms with van der Waals surface area (Å²) >= 11 is 1.40. The number of hydrogen-bond acceptors (Lipinski definition) is 6. The number of thioether (sulfide) groups is 1. The molecular formula is C21H26O5S. The molecule has 0 aliphatic rings.